The van der Waals surface area contributed by atoms with Gasteiger partial charge in [0.1, 0.15) is 11.4 Å². The second kappa shape index (κ2) is 8.04. The molecule has 0 fully saturated rings. The Morgan fingerprint density at radius 2 is 1.83 bits per heavy atom. The summed E-state index contributed by atoms with van der Waals surface area (Å²) in [5.41, 5.74) is 2.35. The zero-order valence-corrected chi connectivity index (χ0v) is 17.2. The van der Waals surface area contributed by atoms with Gasteiger partial charge in [-0.05, 0) is 42.0 Å². The van der Waals surface area contributed by atoms with Crippen molar-refractivity contribution >= 4 is 23.3 Å². The minimum atomic E-state index is -0.478. The molecule has 0 aliphatic heterocycles. The monoisotopic (exact) mass is 422 g/mol. The average molecular weight is 423 g/mol. The highest BCUT2D eigenvalue weighted by Gasteiger charge is 2.17. The van der Waals surface area contributed by atoms with Gasteiger partial charge in [0.25, 0.3) is 11.5 Å². The number of rotatable bonds is 5. The molecule has 0 saturated heterocycles. The number of halogens is 1. The number of aromatic nitrogens is 3. The van der Waals surface area contributed by atoms with Crippen molar-refractivity contribution in [2.24, 2.45) is 7.05 Å². The fraction of sp³-hybridized carbons (Fsp3) is 0.136. The summed E-state index contributed by atoms with van der Waals surface area (Å²) in [7, 11) is 3.41. The summed E-state index contributed by atoms with van der Waals surface area (Å²) >= 11 is 5.90. The van der Waals surface area contributed by atoms with Gasteiger partial charge in [0.2, 0.25) is 5.78 Å². The Bertz CT molecular complexity index is 1270. The van der Waals surface area contributed by atoms with Crippen LogP contribution in [-0.4, -0.2) is 27.0 Å². The number of carbonyl (C=O) groups is 1. The molecule has 0 saturated carbocycles. The van der Waals surface area contributed by atoms with Gasteiger partial charge in [-0.3, -0.25) is 14.0 Å². The SMILES string of the molecule is COc1ccc(-c2cn3c(C(=O)NCc4ccc(Cl)cc4)cc(=O)nc3n2C)cc1. The topological polar surface area (TPSA) is 77.6 Å². The first kappa shape index (κ1) is 19.7. The minimum Gasteiger partial charge on any atom is -0.497 e. The number of hydrogen-bond donors (Lipinski definition) is 1. The Hall–Kier alpha value is -3.58. The molecule has 0 radical (unpaired) electrons. The zero-order valence-electron chi connectivity index (χ0n) is 16.4. The van der Waals surface area contributed by atoms with Crippen molar-refractivity contribution in [2.45, 2.75) is 6.54 Å². The van der Waals surface area contributed by atoms with Crippen molar-refractivity contribution in [3.05, 3.63) is 87.4 Å². The average Bonchev–Trinajstić information content (AvgIpc) is 3.09. The number of ether oxygens (including phenoxy) is 1. The molecule has 4 aromatic rings. The number of imidazole rings is 1. The second-order valence-corrected chi connectivity index (χ2v) is 7.20. The summed E-state index contributed by atoms with van der Waals surface area (Å²) in [5.74, 6) is 0.753. The molecule has 0 unspecified atom stereocenters. The van der Waals surface area contributed by atoms with Crippen LogP contribution in [-0.2, 0) is 13.6 Å². The van der Waals surface area contributed by atoms with E-state index in [0.29, 0.717) is 17.3 Å². The normalized spacial score (nSPS) is 10.9. The molecule has 152 valence electrons. The van der Waals surface area contributed by atoms with E-state index in [1.165, 1.54) is 6.07 Å². The van der Waals surface area contributed by atoms with Gasteiger partial charge in [0.15, 0.2) is 0 Å². The van der Waals surface area contributed by atoms with Crippen molar-refractivity contribution < 1.29 is 9.53 Å². The predicted molar refractivity (Wildman–Crippen MR) is 115 cm³/mol. The van der Waals surface area contributed by atoms with Crippen LogP contribution in [0.3, 0.4) is 0 Å². The van der Waals surface area contributed by atoms with Crippen LogP contribution in [0.1, 0.15) is 16.1 Å². The van der Waals surface area contributed by atoms with Gasteiger partial charge >= 0.3 is 0 Å². The molecular formula is C22H19ClN4O3. The van der Waals surface area contributed by atoms with E-state index >= 15 is 0 Å². The number of benzene rings is 2. The molecule has 8 heteroatoms. The zero-order chi connectivity index (χ0) is 21.3. The molecule has 1 N–H and O–H groups in total. The van der Waals surface area contributed by atoms with Gasteiger partial charge in [-0.2, -0.15) is 4.98 Å². The molecule has 0 spiro atoms. The predicted octanol–water partition coefficient (Wildman–Crippen LogP) is 3.29. The molecule has 7 nitrogen and oxygen atoms in total. The Kier molecular flexibility index (Phi) is 5.29. The summed E-state index contributed by atoms with van der Waals surface area (Å²) in [5, 5.41) is 3.47. The van der Waals surface area contributed by atoms with E-state index in [2.05, 4.69) is 10.3 Å². The molecule has 0 atom stereocenters. The lowest BCUT2D eigenvalue weighted by molar-refractivity contribution is 0.0944. The van der Waals surface area contributed by atoms with Crippen LogP contribution >= 0.6 is 11.6 Å². The molecule has 0 aliphatic carbocycles. The molecule has 2 aromatic carbocycles. The highest BCUT2D eigenvalue weighted by Crippen LogP contribution is 2.24. The lowest BCUT2D eigenvalue weighted by Gasteiger charge is -2.07. The summed E-state index contributed by atoms with van der Waals surface area (Å²) in [6.45, 7) is 0.312. The summed E-state index contributed by atoms with van der Waals surface area (Å²) < 4.78 is 8.60. The van der Waals surface area contributed by atoms with Gasteiger partial charge in [0, 0.05) is 36.4 Å². The third kappa shape index (κ3) is 3.79. The van der Waals surface area contributed by atoms with Crippen LogP contribution in [0.4, 0.5) is 0 Å². The summed E-state index contributed by atoms with van der Waals surface area (Å²) in [6, 6.07) is 15.9. The van der Waals surface area contributed by atoms with Crippen LogP contribution in [0.5, 0.6) is 5.75 Å². The first-order valence-corrected chi connectivity index (χ1v) is 9.60. The van der Waals surface area contributed by atoms with E-state index in [9.17, 15) is 9.59 Å². The number of hydrogen-bond acceptors (Lipinski definition) is 4. The first-order chi connectivity index (χ1) is 14.5. The van der Waals surface area contributed by atoms with E-state index in [-0.39, 0.29) is 11.6 Å². The van der Waals surface area contributed by atoms with E-state index in [0.717, 1.165) is 22.6 Å². The van der Waals surface area contributed by atoms with Crippen LogP contribution in [0.15, 0.2) is 65.6 Å². The van der Waals surface area contributed by atoms with Crippen molar-refractivity contribution in [1.29, 1.82) is 0 Å². The highest BCUT2D eigenvalue weighted by molar-refractivity contribution is 6.30. The molecular weight excluding hydrogens is 404 g/mol. The van der Waals surface area contributed by atoms with Gasteiger partial charge in [-0.15, -0.1) is 0 Å². The highest BCUT2D eigenvalue weighted by atomic mass is 35.5. The Labute approximate surface area is 177 Å². The first-order valence-electron chi connectivity index (χ1n) is 9.22. The van der Waals surface area contributed by atoms with Gasteiger partial charge in [0.05, 0.1) is 12.8 Å². The van der Waals surface area contributed by atoms with E-state index < -0.39 is 5.56 Å². The van der Waals surface area contributed by atoms with E-state index in [1.54, 1.807) is 41.5 Å². The van der Waals surface area contributed by atoms with Crippen molar-refractivity contribution in [1.82, 2.24) is 19.3 Å². The lowest BCUT2D eigenvalue weighted by Crippen LogP contribution is -2.27. The Morgan fingerprint density at radius 3 is 2.50 bits per heavy atom. The number of nitrogens with zero attached hydrogens (tertiary/aromatic N) is 3. The number of nitrogens with one attached hydrogen (secondary N) is 1. The van der Waals surface area contributed by atoms with E-state index in [1.807, 2.05) is 36.4 Å². The van der Waals surface area contributed by atoms with E-state index in [4.69, 9.17) is 16.3 Å². The number of methoxy groups -OCH3 is 1. The third-order valence-corrected chi connectivity index (χ3v) is 5.09. The van der Waals surface area contributed by atoms with Crippen LogP contribution in [0.2, 0.25) is 5.02 Å². The van der Waals surface area contributed by atoms with Crippen LogP contribution < -0.4 is 15.6 Å². The van der Waals surface area contributed by atoms with Gasteiger partial charge in [-0.25, -0.2) is 0 Å². The van der Waals surface area contributed by atoms with Gasteiger partial charge < -0.3 is 14.6 Å². The smallest absolute Gasteiger partial charge is 0.275 e. The maximum absolute atomic E-state index is 12.8. The molecule has 4 rings (SSSR count). The second-order valence-electron chi connectivity index (χ2n) is 6.76. The number of carbonyl (C=O) groups excluding carboxylic acids is 1. The maximum Gasteiger partial charge on any atom is 0.275 e. The quantitative estimate of drug-likeness (QED) is 0.535. The molecule has 2 heterocycles. The number of fused-ring (bicyclic) bond motifs is 1. The Morgan fingerprint density at radius 1 is 1.13 bits per heavy atom. The van der Waals surface area contributed by atoms with Crippen LogP contribution in [0.25, 0.3) is 17.0 Å². The maximum atomic E-state index is 12.8. The minimum absolute atomic E-state index is 0.217. The van der Waals surface area contributed by atoms with Gasteiger partial charge in [-0.1, -0.05) is 23.7 Å². The summed E-state index contributed by atoms with van der Waals surface area (Å²) in [4.78, 5) is 29.1. The number of amides is 1. The fourth-order valence-corrected chi connectivity index (χ4v) is 3.37. The van der Waals surface area contributed by atoms with Crippen LogP contribution in [0, 0.1) is 0 Å². The number of aryl methyl sites for hydroxylation is 1. The summed E-state index contributed by atoms with van der Waals surface area (Å²) in [6.07, 6.45) is 1.79. The van der Waals surface area contributed by atoms with Crippen molar-refractivity contribution in [2.75, 3.05) is 7.11 Å². The third-order valence-electron chi connectivity index (χ3n) is 4.84. The van der Waals surface area contributed by atoms with Crippen molar-refractivity contribution in [3.8, 4) is 17.0 Å². The fourth-order valence-electron chi connectivity index (χ4n) is 3.24. The lowest BCUT2D eigenvalue weighted by atomic mass is 10.1. The molecule has 1 amide bonds. The molecule has 0 aliphatic rings. The van der Waals surface area contributed by atoms with Crippen molar-refractivity contribution in [3.63, 3.8) is 0 Å². The standard InChI is InChI=1S/C22H19ClN4O3/c1-26-19(15-5-9-17(30-2)10-6-15)13-27-18(11-20(28)25-22(26)27)21(29)24-12-14-3-7-16(23)8-4-14/h3-11,13H,12H2,1-2H3,(H,24,29). The molecule has 2 aromatic heterocycles. The largest absolute Gasteiger partial charge is 0.497 e. The Balaban J connectivity index is 1.69. The molecule has 0 bridgehead atoms. The molecule has 30 heavy (non-hydrogen) atoms.